The van der Waals surface area contributed by atoms with Crippen molar-refractivity contribution in [2.24, 2.45) is 0 Å². The normalized spacial score (nSPS) is 20.2. The van der Waals surface area contributed by atoms with Crippen LogP contribution < -0.4 is 10.2 Å². The molecule has 4 nitrogen and oxygen atoms in total. The summed E-state index contributed by atoms with van der Waals surface area (Å²) >= 11 is 0. The summed E-state index contributed by atoms with van der Waals surface area (Å²) in [6, 6.07) is 16.9. The van der Waals surface area contributed by atoms with Crippen molar-refractivity contribution in [3.8, 4) is 0 Å². The van der Waals surface area contributed by atoms with Crippen molar-refractivity contribution in [3.05, 3.63) is 65.2 Å². The zero-order valence-corrected chi connectivity index (χ0v) is 16.2. The van der Waals surface area contributed by atoms with Crippen LogP contribution in [0.1, 0.15) is 23.1 Å². The van der Waals surface area contributed by atoms with E-state index in [1.807, 2.05) is 30.3 Å². The lowest BCUT2D eigenvalue weighted by Crippen LogP contribution is -2.45. The number of carbonyl (C=O) groups excluding carboxylic acids is 1. The number of amides is 1. The summed E-state index contributed by atoms with van der Waals surface area (Å²) in [6.45, 7) is 4.39. The van der Waals surface area contributed by atoms with Crippen LogP contribution in [0.25, 0.3) is 0 Å². The first-order valence-electron chi connectivity index (χ1n) is 10.1. The maximum atomic E-state index is 12.5. The van der Waals surface area contributed by atoms with Crippen molar-refractivity contribution < 1.29 is 4.79 Å². The Hall–Kier alpha value is -2.33. The Labute approximate surface area is 162 Å². The Morgan fingerprint density at radius 3 is 2.59 bits per heavy atom. The van der Waals surface area contributed by atoms with E-state index >= 15 is 0 Å². The highest BCUT2D eigenvalue weighted by atomic mass is 16.1. The standard InChI is InChI=1S/C23H29N3O/c1-25-12-14-26(15-13-25)22-9-5-8-19-10-11-20(17-21(19)22)24-23(27)16-18-6-3-2-4-7-18/h2-9,20H,10-17H2,1H3,(H,24,27). The average molecular weight is 364 g/mol. The summed E-state index contributed by atoms with van der Waals surface area (Å²) in [5, 5.41) is 3.28. The van der Waals surface area contributed by atoms with E-state index in [4.69, 9.17) is 0 Å². The number of benzene rings is 2. The second kappa shape index (κ2) is 8.13. The maximum absolute atomic E-state index is 12.5. The number of nitrogens with zero attached hydrogens (tertiary/aromatic N) is 2. The molecule has 1 fully saturated rings. The van der Waals surface area contributed by atoms with E-state index in [1.165, 1.54) is 16.8 Å². The lowest BCUT2D eigenvalue weighted by Gasteiger charge is -2.37. The number of likely N-dealkylation sites (N-methyl/N-ethyl adjacent to an activating group) is 1. The van der Waals surface area contributed by atoms with E-state index < -0.39 is 0 Å². The molecule has 1 heterocycles. The van der Waals surface area contributed by atoms with Crippen LogP contribution >= 0.6 is 0 Å². The summed E-state index contributed by atoms with van der Waals surface area (Å²) in [4.78, 5) is 17.4. The number of carbonyl (C=O) groups is 1. The van der Waals surface area contributed by atoms with E-state index in [2.05, 4.69) is 40.4 Å². The molecule has 0 spiro atoms. The van der Waals surface area contributed by atoms with Crippen LogP contribution in [0.5, 0.6) is 0 Å². The quantitative estimate of drug-likeness (QED) is 0.907. The summed E-state index contributed by atoms with van der Waals surface area (Å²) in [5.41, 5.74) is 5.35. The predicted octanol–water partition coefficient (Wildman–Crippen LogP) is 2.65. The Morgan fingerprint density at radius 1 is 1.04 bits per heavy atom. The number of rotatable bonds is 4. The molecular weight excluding hydrogens is 334 g/mol. The van der Waals surface area contributed by atoms with E-state index in [9.17, 15) is 4.79 Å². The van der Waals surface area contributed by atoms with Gasteiger partial charge in [-0.25, -0.2) is 0 Å². The zero-order valence-electron chi connectivity index (χ0n) is 16.2. The zero-order chi connectivity index (χ0) is 18.6. The molecule has 1 saturated heterocycles. The fourth-order valence-corrected chi connectivity index (χ4v) is 4.30. The third kappa shape index (κ3) is 4.33. The van der Waals surface area contributed by atoms with Gasteiger partial charge >= 0.3 is 0 Å². The van der Waals surface area contributed by atoms with Gasteiger partial charge in [-0.05, 0) is 49.1 Å². The highest BCUT2D eigenvalue weighted by molar-refractivity contribution is 5.79. The number of nitrogens with one attached hydrogen (secondary N) is 1. The molecule has 2 aliphatic rings. The molecule has 142 valence electrons. The second-order valence-electron chi connectivity index (χ2n) is 7.87. The van der Waals surface area contributed by atoms with Crippen molar-refractivity contribution >= 4 is 11.6 Å². The first-order valence-corrected chi connectivity index (χ1v) is 10.1. The number of hydrogen-bond acceptors (Lipinski definition) is 3. The number of hydrogen-bond donors (Lipinski definition) is 1. The van der Waals surface area contributed by atoms with Gasteiger partial charge in [0, 0.05) is 37.9 Å². The molecule has 1 aliphatic heterocycles. The minimum Gasteiger partial charge on any atom is -0.369 e. The van der Waals surface area contributed by atoms with Crippen LogP contribution in [0.15, 0.2) is 48.5 Å². The van der Waals surface area contributed by atoms with Crippen LogP contribution in [0, 0.1) is 0 Å². The van der Waals surface area contributed by atoms with Gasteiger partial charge in [-0.2, -0.15) is 0 Å². The van der Waals surface area contributed by atoms with Gasteiger partial charge < -0.3 is 15.1 Å². The summed E-state index contributed by atoms with van der Waals surface area (Å²) in [7, 11) is 2.19. The molecule has 4 rings (SSSR count). The van der Waals surface area contributed by atoms with Crippen LogP contribution in [0.3, 0.4) is 0 Å². The molecule has 0 radical (unpaired) electrons. The predicted molar refractivity (Wildman–Crippen MR) is 110 cm³/mol. The second-order valence-corrected chi connectivity index (χ2v) is 7.87. The Balaban J connectivity index is 1.43. The highest BCUT2D eigenvalue weighted by Crippen LogP contribution is 2.31. The average Bonchev–Trinajstić information content (AvgIpc) is 2.69. The Kier molecular flexibility index (Phi) is 5.44. The molecule has 1 unspecified atom stereocenters. The topological polar surface area (TPSA) is 35.6 Å². The number of fused-ring (bicyclic) bond motifs is 1. The van der Waals surface area contributed by atoms with E-state index in [1.54, 1.807) is 0 Å². The monoisotopic (exact) mass is 363 g/mol. The molecule has 2 aromatic carbocycles. The van der Waals surface area contributed by atoms with Gasteiger partial charge in [-0.15, -0.1) is 0 Å². The molecule has 1 atom stereocenters. The van der Waals surface area contributed by atoms with Crippen LogP contribution in [0.4, 0.5) is 5.69 Å². The Bertz CT molecular complexity index is 781. The van der Waals surface area contributed by atoms with Gasteiger partial charge in [0.1, 0.15) is 0 Å². The number of aryl methyl sites for hydroxylation is 1. The molecule has 27 heavy (non-hydrogen) atoms. The van der Waals surface area contributed by atoms with Crippen molar-refractivity contribution in [2.75, 3.05) is 38.1 Å². The fraction of sp³-hybridized carbons (Fsp3) is 0.435. The summed E-state index contributed by atoms with van der Waals surface area (Å²) in [5.74, 6) is 0.131. The summed E-state index contributed by atoms with van der Waals surface area (Å²) in [6.07, 6.45) is 3.48. The van der Waals surface area contributed by atoms with E-state index in [0.717, 1.165) is 51.0 Å². The fourth-order valence-electron chi connectivity index (χ4n) is 4.30. The molecule has 0 aromatic heterocycles. The number of anilines is 1. The number of piperazine rings is 1. The summed E-state index contributed by atoms with van der Waals surface area (Å²) < 4.78 is 0. The van der Waals surface area contributed by atoms with Crippen LogP contribution in [-0.2, 0) is 24.1 Å². The smallest absolute Gasteiger partial charge is 0.224 e. The highest BCUT2D eigenvalue weighted by Gasteiger charge is 2.25. The van der Waals surface area contributed by atoms with Crippen molar-refractivity contribution in [1.82, 2.24) is 10.2 Å². The van der Waals surface area contributed by atoms with Crippen molar-refractivity contribution in [2.45, 2.75) is 31.7 Å². The lowest BCUT2D eigenvalue weighted by molar-refractivity contribution is -0.121. The molecule has 1 N–H and O–H groups in total. The molecule has 4 heteroatoms. The SMILES string of the molecule is CN1CCN(c2cccc3c2CC(NC(=O)Cc2ccccc2)CC3)CC1. The van der Waals surface area contributed by atoms with Gasteiger partial charge in [0.15, 0.2) is 0 Å². The third-order valence-electron chi connectivity index (χ3n) is 5.88. The van der Waals surface area contributed by atoms with Crippen molar-refractivity contribution in [1.29, 1.82) is 0 Å². The Morgan fingerprint density at radius 2 is 1.81 bits per heavy atom. The third-order valence-corrected chi connectivity index (χ3v) is 5.88. The van der Waals surface area contributed by atoms with Crippen molar-refractivity contribution in [3.63, 3.8) is 0 Å². The van der Waals surface area contributed by atoms with Gasteiger partial charge in [0.05, 0.1) is 6.42 Å². The minimum absolute atomic E-state index is 0.131. The molecular formula is C23H29N3O. The van der Waals surface area contributed by atoms with Gasteiger partial charge in [0.2, 0.25) is 5.91 Å². The van der Waals surface area contributed by atoms with Gasteiger partial charge in [-0.3, -0.25) is 4.79 Å². The minimum atomic E-state index is 0.131. The van der Waals surface area contributed by atoms with E-state index in [-0.39, 0.29) is 11.9 Å². The van der Waals surface area contributed by atoms with Crippen LogP contribution in [0.2, 0.25) is 0 Å². The van der Waals surface area contributed by atoms with E-state index in [0.29, 0.717) is 6.42 Å². The van der Waals surface area contributed by atoms with Gasteiger partial charge in [-0.1, -0.05) is 42.5 Å². The first-order chi connectivity index (χ1) is 13.2. The lowest BCUT2D eigenvalue weighted by atomic mass is 9.86. The first kappa shape index (κ1) is 18.1. The molecule has 2 aromatic rings. The van der Waals surface area contributed by atoms with Crippen LogP contribution in [-0.4, -0.2) is 50.1 Å². The maximum Gasteiger partial charge on any atom is 0.224 e. The molecule has 0 saturated carbocycles. The molecule has 1 amide bonds. The molecule has 0 bridgehead atoms. The largest absolute Gasteiger partial charge is 0.369 e. The molecule has 1 aliphatic carbocycles. The van der Waals surface area contributed by atoms with Gasteiger partial charge in [0.25, 0.3) is 0 Å².